The summed E-state index contributed by atoms with van der Waals surface area (Å²) in [7, 11) is 5.79. The maximum Gasteiger partial charge on any atom is 0.317 e. The quantitative estimate of drug-likeness (QED) is 0.590. The Morgan fingerprint density at radius 2 is 1.77 bits per heavy atom. The monoisotopic (exact) mass is 409 g/mol. The van der Waals surface area contributed by atoms with E-state index in [2.05, 4.69) is 15.5 Å². The molecule has 3 rings (SSSR count). The number of H-pyrrole nitrogens is 1. The van der Waals surface area contributed by atoms with Crippen LogP contribution in [0.5, 0.6) is 0 Å². The third-order valence-corrected chi connectivity index (χ3v) is 4.95. The largest absolute Gasteiger partial charge is 0.378 e. The van der Waals surface area contributed by atoms with Gasteiger partial charge in [-0.25, -0.2) is 9.18 Å². The maximum absolute atomic E-state index is 13.0. The Labute approximate surface area is 176 Å². The molecular weight excluding hydrogens is 381 g/mol. The van der Waals surface area contributed by atoms with E-state index in [1.165, 1.54) is 12.1 Å². The van der Waals surface area contributed by atoms with Crippen LogP contribution in [0, 0.1) is 5.82 Å². The Kier molecular flexibility index (Phi) is 7.06. The highest BCUT2D eigenvalue weighted by Crippen LogP contribution is 2.18. The highest BCUT2D eigenvalue weighted by molar-refractivity contribution is 5.73. The van der Waals surface area contributed by atoms with Crippen LogP contribution in [0.3, 0.4) is 0 Å². The standard InChI is InChI=1S/C23H28FN5O/c1-28(2)21-12-6-17(7-13-21)16-25-23(30)29(3)14-4-5-20-15-22(27-26-20)18-8-10-19(24)11-9-18/h6-13,15H,4-5,14,16H2,1-3H3,(H,25,30)(H,26,27). The minimum absolute atomic E-state index is 0.0942. The van der Waals surface area contributed by atoms with E-state index in [1.54, 1.807) is 24.1 Å². The number of hydrogen-bond donors (Lipinski definition) is 2. The molecule has 0 aliphatic rings. The number of amides is 2. The normalized spacial score (nSPS) is 10.7. The first-order valence-corrected chi connectivity index (χ1v) is 9.98. The van der Waals surface area contributed by atoms with E-state index in [1.807, 2.05) is 49.3 Å². The van der Waals surface area contributed by atoms with Crippen LogP contribution in [0.15, 0.2) is 54.6 Å². The lowest BCUT2D eigenvalue weighted by atomic mass is 10.1. The molecule has 6 nitrogen and oxygen atoms in total. The predicted octanol–water partition coefficient (Wildman–Crippen LogP) is 4.06. The van der Waals surface area contributed by atoms with Gasteiger partial charge in [-0.3, -0.25) is 5.10 Å². The number of hydrogen-bond acceptors (Lipinski definition) is 3. The third kappa shape index (κ3) is 5.83. The van der Waals surface area contributed by atoms with Gasteiger partial charge in [0.15, 0.2) is 0 Å². The molecule has 2 aromatic carbocycles. The molecule has 0 fully saturated rings. The molecule has 1 heterocycles. The van der Waals surface area contributed by atoms with Crippen LogP contribution in [-0.2, 0) is 13.0 Å². The molecule has 0 spiro atoms. The lowest BCUT2D eigenvalue weighted by molar-refractivity contribution is 0.208. The number of nitrogens with one attached hydrogen (secondary N) is 2. The molecule has 7 heteroatoms. The highest BCUT2D eigenvalue weighted by Gasteiger charge is 2.09. The molecule has 0 saturated carbocycles. The second-order valence-corrected chi connectivity index (χ2v) is 7.53. The van der Waals surface area contributed by atoms with Crippen LogP contribution >= 0.6 is 0 Å². The molecule has 2 N–H and O–H groups in total. The first kappa shape index (κ1) is 21.4. The highest BCUT2D eigenvalue weighted by atomic mass is 19.1. The molecule has 1 aromatic heterocycles. The summed E-state index contributed by atoms with van der Waals surface area (Å²) in [6, 6.07) is 16.3. The fraction of sp³-hybridized carbons (Fsp3) is 0.304. The molecule has 158 valence electrons. The van der Waals surface area contributed by atoms with Crippen LogP contribution < -0.4 is 10.2 Å². The van der Waals surface area contributed by atoms with Crippen molar-refractivity contribution in [2.24, 2.45) is 0 Å². The van der Waals surface area contributed by atoms with E-state index in [0.717, 1.165) is 41.0 Å². The lowest BCUT2D eigenvalue weighted by Gasteiger charge is -2.18. The molecule has 2 amide bonds. The molecule has 0 radical (unpaired) electrons. The van der Waals surface area contributed by atoms with Gasteiger partial charge in [-0.05, 0) is 60.9 Å². The van der Waals surface area contributed by atoms with Crippen molar-refractivity contribution >= 4 is 11.7 Å². The van der Waals surface area contributed by atoms with Gasteiger partial charge >= 0.3 is 6.03 Å². The molecule has 0 aliphatic carbocycles. The summed E-state index contributed by atoms with van der Waals surface area (Å²) < 4.78 is 13.0. The first-order chi connectivity index (χ1) is 14.4. The topological polar surface area (TPSA) is 64.3 Å². The SMILES string of the molecule is CN(CCCc1cc(-c2ccc(F)cc2)n[nH]1)C(=O)NCc1ccc(N(C)C)cc1. The average Bonchev–Trinajstić information content (AvgIpc) is 3.21. The van der Waals surface area contributed by atoms with Gasteiger partial charge in [0, 0.05) is 51.2 Å². The number of benzene rings is 2. The number of aromatic nitrogens is 2. The number of halogens is 1. The number of carbonyl (C=O) groups is 1. The van der Waals surface area contributed by atoms with Crippen molar-refractivity contribution in [2.75, 3.05) is 32.6 Å². The van der Waals surface area contributed by atoms with E-state index in [0.29, 0.717) is 13.1 Å². The van der Waals surface area contributed by atoms with E-state index in [9.17, 15) is 9.18 Å². The number of rotatable bonds is 8. The van der Waals surface area contributed by atoms with Gasteiger partial charge in [0.2, 0.25) is 0 Å². The van der Waals surface area contributed by atoms with Gasteiger partial charge in [-0.15, -0.1) is 0 Å². The second-order valence-electron chi connectivity index (χ2n) is 7.53. The lowest BCUT2D eigenvalue weighted by Crippen LogP contribution is -2.37. The number of aryl methyl sites for hydroxylation is 1. The summed E-state index contributed by atoms with van der Waals surface area (Å²) in [6.07, 6.45) is 1.59. The maximum atomic E-state index is 13.0. The zero-order valence-electron chi connectivity index (χ0n) is 17.7. The summed E-state index contributed by atoms with van der Waals surface area (Å²) in [5, 5.41) is 10.2. The molecule has 0 bridgehead atoms. The Morgan fingerprint density at radius 3 is 2.43 bits per heavy atom. The Hall–Kier alpha value is -3.35. The van der Waals surface area contributed by atoms with Crippen molar-refractivity contribution in [2.45, 2.75) is 19.4 Å². The average molecular weight is 410 g/mol. The molecule has 0 saturated heterocycles. The first-order valence-electron chi connectivity index (χ1n) is 9.98. The van der Waals surface area contributed by atoms with Crippen LogP contribution in [0.25, 0.3) is 11.3 Å². The minimum Gasteiger partial charge on any atom is -0.378 e. The van der Waals surface area contributed by atoms with Crippen LogP contribution in [0.2, 0.25) is 0 Å². The summed E-state index contributed by atoms with van der Waals surface area (Å²) in [6.45, 7) is 1.13. The van der Waals surface area contributed by atoms with E-state index < -0.39 is 0 Å². The Morgan fingerprint density at radius 1 is 1.07 bits per heavy atom. The fourth-order valence-corrected chi connectivity index (χ4v) is 3.09. The molecule has 0 unspecified atom stereocenters. The van der Waals surface area contributed by atoms with Crippen LogP contribution in [0.1, 0.15) is 17.7 Å². The molecule has 3 aromatic rings. The Balaban J connectivity index is 1.41. The number of nitrogens with zero attached hydrogens (tertiary/aromatic N) is 3. The smallest absolute Gasteiger partial charge is 0.317 e. The van der Waals surface area contributed by atoms with Crippen molar-refractivity contribution in [3.05, 3.63) is 71.7 Å². The number of carbonyl (C=O) groups excluding carboxylic acids is 1. The van der Waals surface area contributed by atoms with Gasteiger partial charge in [0.05, 0.1) is 5.69 Å². The summed E-state index contributed by atoms with van der Waals surface area (Å²) in [5.41, 5.74) is 4.84. The Bertz CT molecular complexity index is 950. The van der Waals surface area contributed by atoms with Crippen molar-refractivity contribution in [3.8, 4) is 11.3 Å². The van der Waals surface area contributed by atoms with E-state index in [-0.39, 0.29) is 11.8 Å². The molecule has 0 atom stereocenters. The number of urea groups is 1. The minimum atomic E-state index is -0.263. The zero-order chi connectivity index (χ0) is 21.5. The summed E-state index contributed by atoms with van der Waals surface area (Å²) in [5.74, 6) is -0.263. The summed E-state index contributed by atoms with van der Waals surface area (Å²) >= 11 is 0. The molecule has 30 heavy (non-hydrogen) atoms. The van der Waals surface area contributed by atoms with Gasteiger partial charge < -0.3 is 15.1 Å². The van der Waals surface area contributed by atoms with E-state index >= 15 is 0 Å². The van der Waals surface area contributed by atoms with Crippen LogP contribution in [0.4, 0.5) is 14.9 Å². The number of anilines is 1. The van der Waals surface area contributed by atoms with E-state index in [4.69, 9.17) is 0 Å². The third-order valence-electron chi connectivity index (χ3n) is 4.95. The fourth-order valence-electron chi connectivity index (χ4n) is 3.09. The summed E-state index contributed by atoms with van der Waals surface area (Å²) in [4.78, 5) is 16.0. The molecule has 0 aliphatic heterocycles. The van der Waals surface area contributed by atoms with Crippen LogP contribution in [-0.4, -0.2) is 48.8 Å². The van der Waals surface area contributed by atoms with Gasteiger partial charge in [0.25, 0.3) is 0 Å². The van der Waals surface area contributed by atoms with Crippen molar-refractivity contribution in [1.82, 2.24) is 20.4 Å². The van der Waals surface area contributed by atoms with Crippen molar-refractivity contribution in [1.29, 1.82) is 0 Å². The number of aromatic amines is 1. The second kappa shape index (κ2) is 9.91. The van der Waals surface area contributed by atoms with Gasteiger partial charge in [0.1, 0.15) is 5.82 Å². The zero-order valence-corrected chi connectivity index (χ0v) is 17.7. The van der Waals surface area contributed by atoms with Gasteiger partial charge in [-0.1, -0.05) is 12.1 Å². The predicted molar refractivity (Wildman–Crippen MR) is 118 cm³/mol. The molecular formula is C23H28FN5O. The van der Waals surface area contributed by atoms with Crippen molar-refractivity contribution in [3.63, 3.8) is 0 Å². The van der Waals surface area contributed by atoms with Crippen molar-refractivity contribution < 1.29 is 9.18 Å². The van der Waals surface area contributed by atoms with Gasteiger partial charge in [-0.2, -0.15) is 5.10 Å².